The molecule has 2 N–H and O–H groups in total. The van der Waals surface area contributed by atoms with Gasteiger partial charge in [0, 0.05) is 21.9 Å². The number of rotatable bonds is 5. The summed E-state index contributed by atoms with van der Waals surface area (Å²) < 4.78 is 55.2. The van der Waals surface area contributed by atoms with Crippen LogP contribution in [0.1, 0.15) is 45.5 Å². The van der Waals surface area contributed by atoms with Crippen LogP contribution in [0.3, 0.4) is 0 Å². The lowest BCUT2D eigenvalue weighted by Crippen LogP contribution is -2.57. The lowest BCUT2D eigenvalue weighted by Gasteiger charge is -2.42. The van der Waals surface area contributed by atoms with Crippen LogP contribution in [0.4, 0.5) is 18.0 Å². The molecule has 1 aromatic rings. The molecule has 0 aliphatic carbocycles. The molecule has 0 aromatic carbocycles. The number of hydrogen-bond donors (Lipinski definition) is 1. The van der Waals surface area contributed by atoms with Gasteiger partial charge in [0.1, 0.15) is 18.2 Å². The third-order valence-electron chi connectivity index (χ3n) is 3.81. The Morgan fingerprint density at radius 2 is 2.04 bits per heavy atom. The molecule has 1 amide bonds. The fourth-order valence-corrected chi connectivity index (χ4v) is 3.30. The molecular formula is C15H25F3N4O5Si. The van der Waals surface area contributed by atoms with Crippen molar-refractivity contribution in [3.05, 3.63) is 5.89 Å². The first-order valence-corrected chi connectivity index (χ1v) is 9.71. The average molecular weight is 426 g/mol. The van der Waals surface area contributed by atoms with E-state index in [-0.39, 0.29) is 18.5 Å². The van der Waals surface area contributed by atoms with Crippen molar-refractivity contribution in [1.82, 2.24) is 15.1 Å². The molecule has 9 nitrogen and oxygen atoms in total. The summed E-state index contributed by atoms with van der Waals surface area (Å²) in [6.07, 6.45) is -4.46. The Kier molecular flexibility index (Phi) is 6.61. The lowest BCUT2D eigenvalue weighted by molar-refractivity contribution is -0.325. The lowest BCUT2D eigenvalue weighted by atomic mass is 9.98. The zero-order chi connectivity index (χ0) is 21.2. The van der Waals surface area contributed by atoms with Gasteiger partial charge in [-0.3, -0.25) is 9.64 Å². The topological polar surface area (TPSA) is 113 Å². The predicted molar refractivity (Wildman–Crippen MR) is 93.6 cm³/mol. The van der Waals surface area contributed by atoms with E-state index >= 15 is 0 Å². The first-order valence-electron chi connectivity index (χ1n) is 8.71. The number of ether oxygens (including phenoxy) is 3. The molecule has 2 heterocycles. The Bertz CT molecular complexity index is 677. The summed E-state index contributed by atoms with van der Waals surface area (Å²) in [5, 5.41) is 7.04. The highest BCUT2D eigenvalue weighted by molar-refractivity contribution is 6.15. The molecule has 1 fully saturated rings. The fraction of sp³-hybridized carbons (Fsp3) is 0.800. The molecule has 160 valence electrons. The van der Waals surface area contributed by atoms with Crippen molar-refractivity contribution < 1.29 is 36.6 Å². The van der Waals surface area contributed by atoms with E-state index in [1.54, 1.807) is 20.8 Å². The van der Waals surface area contributed by atoms with Crippen LogP contribution in [0.15, 0.2) is 4.42 Å². The van der Waals surface area contributed by atoms with Gasteiger partial charge in [-0.15, -0.1) is 18.3 Å². The Morgan fingerprint density at radius 3 is 2.64 bits per heavy atom. The van der Waals surface area contributed by atoms with Crippen LogP contribution in [0.25, 0.3) is 0 Å². The highest BCUT2D eigenvalue weighted by atomic mass is 28.1. The minimum atomic E-state index is -4.74. The van der Waals surface area contributed by atoms with Crippen molar-refractivity contribution in [3.63, 3.8) is 0 Å². The summed E-state index contributed by atoms with van der Waals surface area (Å²) in [5.41, 5.74) is 5.56. The maximum Gasteiger partial charge on any atom is 0.522 e. The van der Waals surface area contributed by atoms with Gasteiger partial charge in [0.25, 0.3) is 0 Å². The molecule has 1 saturated heterocycles. The Hall–Kier alpha value is -1.86. The monoisotopic (exact) mass is 426 g/mol. The molecule has 0 spiro atoms. The summed E-state index contributed by atoms with van der Waals surface area (Å²) >= 11 is 0. The smallest absolute Gasteiger partial charge is 0.447 e. The van der Waals surface area contributed by atoms with Gasteiger partial charge in [-0.1, -0.05) is 5.10 Å². The largest absolute Gasteiger partial charge is 0.522 e. The molecular weight excluding hydrogens is 401 g/mol. The van der Waals surface area contributed by atoms with Crippen LogP contribution >= 0.6 is 0 Å². The van der Waals surface area contributed by atoms with Crippen LogP contribution in [0, 0.1) is 0 Å². The van der Waals surface area contributed by atoms with Crippen LogP contribution < -0.4 is 10.5 Å². The normalized spacial score (nSPS) is 23.7. The van der Waals surface area contributed by atoms with Crippen molar-refractivity contribution in [2.75, 3.05) is 19.8 Å². The number of alkyl halides is 3. The van der Waals surface area contributed by atoms with Gasteiger partial charge in [0.15, 0.2) is 0 Å². The number of nitrogens with zero attached hydrogens (tertiary/aromatic N) is 3. The number of halogens is 3. The predicted octanol–water partition coefficient (Wildman–Crippen LogP) is 1.08. The minimum absolute atomic E-state index is 0.106. The maximum absolute atomic E-state index is 12.6. The summed E-state index contributed by atoms with van der Waals surface area (Å²) in [5.74, 6) is 0.106. The molecule has 1 aliphatic heterocycles. The van der Waals surface area contributed by atoms with Gasteiger partial charge in [0.2, 0.25) is 5.89 Å². The number of hydrogen-bond acceptors (Lipinski definition) is 8. The molecule has 2 rings (SSSR count). The number of aromatic nitrogens is 2. The number of carbonyl (C=O) groups is 1. The minimum Gasteiger partial charge on any atom is -0.447 e. The molecule has 0 unspecified atom stereocenters. The van der Waals surface area contributed by atoms with E-state index in [1.165, 1.54) is 4.90 Å². The van der Waals surface area contributed by atoms with E-state index in [4.69, 9.17) is 19.6 Å². The van der Waals surface area contributed by atoms with Crippen LogP contribution in [0.5, 0.6) is 6.08 Å². The Labute approximate surface area is 163 Å². The molecule has 0 bridgehead atoms. The summed E-state index contributed by atoms with van der Waals surface area (Å²) in [6.45, 7) is 4.39. The van der Waals surface area contributed by atoms with Gasteiger partial charge >= 0.3 is 18.5 Å². The molecule has 1 aromatic heterocycles. The van der Waals surface area contributed by atoms with Gasteiger partial charge in [-0.25, -0.2) is 4.79 Å². The highest BCUT2D eigenvalue weighted by Gasteiger charge is 2.41. The summed E-state index contributed by atoms with van der Waals surface area (Å²) in [4.78, 5) is 14.1. The standard InChI is InChI=1S/C15H25F3N4O5Si/c1-13(2,3)27-12(23)22-8-14(19,28)5-4-9(22)10-20-21-11(26-10)24-6-7-25-15(16,17)18/h9H,4-8,19H2,1-3,28H3/t9-,14+/m1/s1. The van der Waals surface area contributed by atoms with Gasteiger partial charge in [-0.05, 0) is 33.6 Å². The van der Waals surface area contributed by atoms with Gasteiger partial charge in [0.05, 0.1) is 6.61 Å². The first-order chi connectivity index (χ1) is 12.8. The van der Waals surface area contributed by atoms with Crippen molar-refractivity contribution >= 4 is 16.3 Å². The van der Waals surface area contributed by atoms with Crippen molar-refractivity contribution in [1.29, 1.82) is 0 Å². The third kappa shape index (κ3) is 6.94. The SMILES string of the molecule is CC(C)(C)OC(=O)N1C[C@@](N)([SiH3])CC[C@@H]1c1nnc(OCCOC(F)(F)F)o1. The van der Waals surface area contributed by atoms with E-state index in [0.717, 1.165) is 0 Å². The third-order valence-corrected chi connectivity index (χ3v) is 4.62. The number of likely N-dealkylation sites (tertiary alicyclic amines) is 1. The average Bonchev–Trinajstić information content (AvgIpc) is 2.97. The first kappa shape index (κ1) is 22.4. The maximum atomic E-state index is 12.6. The van der Waals surface area contributed by atoms with Crippen LogP contribution in [-0.2, 0) is 9.47 Å². The number of piperidine rings is 1. The zero-order valence-corrected chi connectivity index (χ0v) is 18.2. The Balaban J connectivity index is 2.05. The van der Waals surface area contributed by atoms with Crippen molar-refractivity contribution in [2.24, 2.45) is 5.73 Å². The van der Waals surface area contributed by atoms with Crippen molar-refractivity contribution in [3.8, 4) is 6.08 Å². The van der Waals surface area contributed by atoms with Crippen LogP contribution in [-0.4, -0.2) is 68.3 Å². The van der Waals surface area contributed by atoms with E-state index in [2.05, 4.69) is 14.9 Å². The number of amides is 1. The molecule has 0 saturated carbocycles. The van der Waals surface area contributed by atoms with E-state index in [1.807, 2.05) is 0 Å². The molecule has 1 aliphatic rings. The molecule has 13 heteroatoms. The van der Waals surface area contributed by atoms with Gasteiger partial charge in [-0.2, -0.15) is 0 Å². The van der Waals surface area contributed by atoms with E-state index in [0.29, 0.717) is 23.1 Å². The summed E-state index contributed by atoms with van der Waals surface area (Å²) in [7, 11) is 0.673. The second kappa shape index (κ2) is 8.25. The number of carbonyl (C=O) groups excluding carboxylic acids is 1. The Morgan fingerprint density at radius 1 is 1.36 bits per heavy atom. The van der Waals surface area contributed by atoms with E-state index < -0.39 is 42.5 Å². The van der Waals surface area contributed by atoms with Crippen molar-refractivity contribution in [2.45, 2.75) is 56.8 Å². The summed E-state index contributed by atoms with van der Waals surface area (Å²) in [6, 6.07) is -0.559. The molecule has 2 atom stereocenters. The second-order valence-corrected chi connectivity index (χ2v) is 9.86. The van der Waals surface area contributed by atoms with Crippen LogP contribution in [0.2, 0.25) is 0 Å². The fourth-order valence-electron chi connectivity index (χ4n) is 2.67. The number of nitrogens with two attached hydrogens (primary N) is 1. The zero-order valence-electron chi connectivity index (χ0n) is 16.2. The second-order valence-electron chi connectivity index (χ2n) is 7.87. The highest BCUT2D eigenvalue weighted by Crippen LogP contribution is 2.34. The molecule has 0 radical (unpaired) electrons. The van der Waals surface area contributed by atoms with E-state index in [9.17, 15) is 18.0 Å². The quantitative estimate of drug-likeness (QED) is 0.550. The van der Waals surface area contributed by atoms with Gasteiger partial charge < -0.3 is 19.6 Å². The molecule has 28 heavy (non-hydrogen) atoms.